The lowest BCUT2D eigenvalue weighted by Gasteiger charge is -2.07. The van der Waals surface area contributed by atoms with Crippen LogP contribution in [0.15, 0.2) is 24.3 Å². The molecule has 0 saturated heterocycles. The van der Waals surface area contributed by atoms with Crippen molar-refractivity contribution in [2.75, 3.05) is 0 Å². The van der Waals surface area contributed by atoms with Gasteiger partial charge in [0.15, 0.2) is 6.07 Å². The van der Waals surface area contributed by atoms with E-state index in [0.29, 0.717) is 0 Å². The van der Waals surface area contributed by atoms with Crippen LogP contribution < -0.4 is 0 Å². The predicted octanol–water partition coefficient (Wildman–Crippen LogP) is 2.58. The fourth-order valence-corrected chi connectivity index (χ4v) is 0.935. The molecule has 14 heavy (non-hydrogen) atoms. The maximum absolute atomic E-state index is 12.3. The number of hydrogen-bond donors (Lipinski definition) is 0. The highest BCUT2D eigenvalue weighted by Gasteiger charge is 2.32. The summed E-state index contributed by atoms with van der Waals surface area (Å²) in [5, 5.41) is 8.12. The first-order chi connectivity index (χ1) is 6.55. The van der Waals surface area contributed by atoms with E-state index < -0.39 is 11.7 Å². The summed E-state index contributed by atoms with van der Waals surface area (Å²) in [6.07, 6.45) is -4.43. The third-order valence-corrected chi connectivity index (χ3v) is 1.49. The molecule has 0 aliphatic rings. The van der Waals surface area contributed by atoms with Crippen LogP contribution in [0.4, 0.5) is 13.2 Å². The Bertz CT molecular complexity index is 429. The molecule has 1 aromatic carbocycles. The van der Waals surface area contributed by atoms with Gasteiger partial charge in [-0.05, 0) is 12.1 Å². The van der Waals surface area contributed by atoms with E-state index in [1.165, 1.54) is 24.3 Å². The molecule has 0 amide bonds. The average Bonchev–Trinajstić information content (AvgIpc) is 2.14. The standard InChI is InChI=1S/C10H4F3N/c11-10(12,13)9-6-2-1-4-8(9)5-3-7-14/h1-2,4,6H. The summed E-state index contributed by atoms with van der Waals surface area (Å²) >= 11 is 0. The summed E-state index contributed by atoms with van der Waals surface area (Å²) in [5.41, 5.74) is -0.996. The van der Waals surface area contributed by atoms with E-state index in [1.807, 2.05) is 5.92 Å². The molecule has 0 bridgehead atoms. The van der Waals surface area contributed by atoms with Crippen molar-refractivity contribution < 1.29 is 13.2 Å². The second-order valence-corrected chi connectivity index (χ2v) is 2.41. The number of hydrogen-bond acceptors (Lipinski definition) is 1. The minimum Gasteiger partial charge on any atom is -0.183 e. The zero-order chi connectivity index (χ0) is 10.6. The third-order valence-electron chi connectivity index (χ3n) is 1.49. The van der Waals surface area contributed by atoms with Gasteiger partial charge in [0.05, 0.1) is 5.56 Å². The van der Waals surface area contributed by atoms with Gasteiger partial charge in [-0.3, -0.25) is 0 Å². The maximum Gasteiger partial charge on any atom is 0.417 e. The Labute approximate surface area is 78.8 Å². The molecule has 1 aromatic rings. The largest absolute Gasteiger partial charge is 0.417 e. The van der Waals surface area contributed by atoms with Crippen LogP contribution in [0, 0.1) is 23.2 Å². The Kier molecular flexibility index (Phi) is 2.79. The van der Waals surface area contributed by atoms with Crippen LogP contribution in [0.2, 0.25) is 0 Å². The van der Waals surface area contributed by atoms with Crippen LogP contribution >= 0.6 is 0 Å². The first-order valence-electron chi connectivity index (χ1n) is 3.62. The van der Waals surface area contributed by atoms with E-state index in [2.05, 4.69) is 5.92 Å². The number of nitrogens with zero attached hydrogens (tertiary/aromatic N) is 1. The fourth-order valence-electron chi connectivity index (χ4n) is 0.935. The van der Waals surface area contributed by atoms with Crippen LogP contribution in [-0.4, -0.2) is 0 Å². The van der Waals surface area contributed by atoms with E-state index in [0.717, 1.165) is 6.07 Å². The molecule has 1 rings (SSSR count). The summed E-state index contributed by atoms with van der Waals surface area (Å²) < 4.78 is 37.0. The summed E-state index contributed by atoms with van der Waals surface area (Å²) in [4.78, 5) is 0. The number of rotatable bonds is 0. The van der Waals surface area contributed by atoms with Gasteiger partial charge in [-0.2, -0.15) is 18.4 Å². The summed E-state index contributed by atoms with van der Waals surface area (Å²) in [6.45, 7) is 0. The molecule has 4 heteroatoms. The number of benzene rings is 1. The molecule has 70 valence electrons. The quantitative estimate of drug-likeness (QED) is 0.583. The lowest BCUT2D eigenvalue weighted by molar-refractivity contribution is -0.137. The summed E-state index contributed by atoms with van der Waals surface area (Å²) in [6, 6.07) is 6.35. The van der Waals surface area contributed by atoms with Crippen molar-refractivity contribution in [3.8, 4) is 17.9 Å². The highest BCUT2D eigenvalue weighted by atomic mass is 19.4. The molecule has 0 spiro atoms. The Hall–Kier alpha value is -1.94. The van der Waals surface area contributed by atoms with Gasteiger partial charge in [0.1, 0.15) is 0 Å². The van der Waals surface area contributed by atoms with E-state index in [1.54, 1.807) is 0 Å². The molecule has 0 saturated carbocycles. The van der Waals surface area contributed by atoms with Gasteiger partial charge in [0.2, 0.25) is 0 Å². The topological polar surface area (TPSA) is 23.8 Å². The molecule has 0 aliphatic heterocycles. The first kappa shape index (κ1) is 10.1. The average molecular weight is 195 g/mol. The molecule has 0 aliphatic carbocycles. The zero-order valence-electron chi connectivity index (χ0n) is 6.89. The monoisotopic (exact) mass is 195 g/mol. The molecule has 0 unspecified atom stereocenters. The van der Waals surface area contributed by atoms with Crippen molar-refractivity contribution in [2.45, 2.75) is 6.18 Å². The smallest absolute Gasteiger partial charge is 0.183 e. The fraction of sp³-hybridized carbons (Fsp3) is 0.100. The van der Waals surface area contributed by atoms with Crippen molar-refractivity contribution in [3.63, 3.8) is 0 Å². The Morgan fingerprint density at radius 3 is 2.36 bits per heavy atom. The summed E-state index contributed by atoms with van der Waals surface area (Å²) in [5.74, 6) is 4.07. The molecule has 1 nitrogen and oxygen atoms in total. The molecule has 0 atom stereocenters. The van der Waals surface area contributed by atoms with Gasteiger partial charge in [0.25, 0.3) is 0 Å². The van der Waals surface area contributed by atoms with Crippen LogP contribution in [-0.2, 0) is 6.18 Å². The summed E-state index contributed by atoms with van der Waals surface area (Å²) in [7, 11) is 0. The lowest BCUT2D eigenvalue weighted by atomic mass is 10.1. The Balaban J connectivity index is 3.25. The van der Waals surface area contributed by atoms with Crippen LogP contribution in [0.1, 0.15) is 11.1 Å². The van der Waals surface area contributed by atoms with Crippen LogP contribution in [0.5, 0.6) is 0 Å². The zero-order valence-corrected chi connectivity index (χ0v) is 6.89. The van der Waals surface area contributed by atoms with Gasteiger partial charge in [-0.25, -0.2) is 0 Å². The van der Waals surface area contributed by atoms with E-state index in [9.17, 15) is 13.2 Å². The van der Waals surface area contributed by atoms with Crippen molar-refractivity contribution in [1.82, 2.24) is 0 Å². The molecule has 0 aromatic heterocycles. The molecular weight excluding hydrogens is 191 g/mol. The normalized spacial score (nSPS) is 9.86. The molecule has 0 heterocycles. The second-order valence-electron chi connectivity index (χ2n) is 2.41. The SMILES string of the molecule is N#CC#Cc1ccccc1C(F)(F)F. The van der Waals surface area contributed by atoms with Crippen molar-refractivity contribution >= 4 is 0 Å². The number of alkyl halides is 3. The van der Waals surface area contributed by atoms with Crippen molar-refractivity contribution in [1.29, 1.82) is 5.26 Å². The molecule has 0 N–H and O–H groups in total. The number of halogens is 3. The van der Waals surface area contributed by atoms with Crippen molar-refractivity contribution in [2.24, 2.45) is 0 Å². The minimum absolute atomic E-state index is 0.179. The van der Waals surface area contributed by atoms with Gasteiger partial charge >= 0.3 is 6.18 Å². The highest BCUT2D eigenvalue weighted by molar-refractivity contribution is 5.44. The second kappa shape index (κ2) is 3.85. The van der Waals surface area contributed by atoms with E-state index in [-0.39, 0.29) is 5.56 Å². The predicted molar refractivity (Wildman–Crippen MR) is 43.9 cm³/mol. The lowest BCUT2D eigenvalue weighted by Crippen LogP contribution is -2.07. The van der Waals surface area contributed by atoms with Crippen LogP contribution in [0.25, 0.3) is 0 Å². The van der Waals surface area contributed by atoms with Crippen LogP contribution in [0.3, 0.4) is 0 Å². The maximum atomic E-state index is 12.3. The Morgan fingerprint density at radius 2 is 1.79 bits per heavy atom. The first-order valence-corrected chi connectivity index (χ1v) is 3.62. The van der Waals surface area contributed by atoms with Gasteiger partial charge < -0.3 is 0 Å². The molecule has 0 radical (unpaired) electrons. The minimum atomic E-state index is -4.43. The van der Waals surface area contributed by atoms with Gasteiger partial charge in [0, 0.05) is 11.5 Å². The molecular formula is C10H4F3N. The van der Waals surface area contributed by atoms with Crippen molar-refractivity contribution in [3.05, 3.63) is 35.4 Å². The highest BCUT2D eigenvalue weighted by Crippen LogP contribution is 2.31. The third kappa shape index (κ3) is 2.27. The Morgan fingerprint density at radius 1 is 1.14 bits per heavy atom. The van der Waals surface area contributed by atoms with Gasteiger partial charge in [-0.15, -0.1) is 0 Å². The van der Waals surface area contributed by atoms with Gasteiger partial charge in [-0.1, -0.05) is 18.1 Å². The molecule has 0 fully saturated rings. The van der Waals surface area contributed by atoms with E-state index in [4.69, 9.17) is 5.26 Å². The van der Waals surface area contributed by atoms with E-state index >= 15 is 0 Å². The number of nitriles is 1.